The zero-order chi connectivity index (χ0) is 14.5. The van der Waals surface area contributed by atoms with Crippen LogP contribution in [0.3, 0.4) is 0 Å². The van der Waals surface area contributed by atoms with Crippen molar-refractivity contribution in [1.82, 2.24) is 25.2 Å². The molecule has 0 spiro atoms. The Balaban J connectivity index is 1.75. The van der Waals surface area contributed by atoms with Gasteiger partial charge in [-0.3, -0.25) is 9.48 Å². The third-order valence-electron chi connectivity index (χ3n) is 3.61. The normalized spacial score (nSPS) is 17.1. The van der Waals surface area contributed by atoms with E-state index in [1.807, 2.05) is 0 Å². The predicted molar refractivity (Wildman–Crippen MR) is 70.2 cm³/mol. The SMILES string of the molecule is CNC(=O)C1CCN(CCn2cc(C(=O)O)nn2)CC1. The van der Waals surface area contributed by atoms with Crippen LogP contribution in [0, 0.1) is 5.92 Å². The number of hydrogen-bond acceptors (Lipinski definition) is 5. The highest BCUT2D eigenvalue weighted by atomic mass is 16.4. The summed E-state index contributed by atoms with van der Waals surface area (Å²) >= 11 is 0. The van der Waals surface area contributed by atoms with Crippen molar-refractivity contribution in [2.45, 2.75) is 19.4 Å². The molecule has 110 valence electrons. The Morgan fingerprint density at radius 2 is 2.10 bits per heavy atom. The first kappa shape index (κ1) is 14.4. The maximum atomic E-state index is 11.5. The fraction of sp³-hybridized carbons (Fsp3) is 0.667. The Hall–Kier alpha value is -1.96. The quantitative estimate of drug-likeness (QED) is 0.750. The molecule has 1 fully saturated rings. The van der Waals surface area contributed by atoms with Gasteiger partial charge in [0.2, 0.25) is 5.91 Å². The summed E-state index contributed by atoms with van der Waals surface area (Å²) in [4.78, 5) is 24.4. The molecule has 1 aliphatic rings. The average molecular weight is 281 g/mol. The molecule has 1 amide bonds. The molecule has 0 atom stereocenters. The monoisotopic (exact) mass is 281 g/mol. The maximum Gasteiger partial charge on any atom is 0.358 e. The number of carboxylic acids is 1. The van der Waals surface area contributed by atoms with E-state index in [0.717, 1.165) is 32.5 Å². The first-order valence-electron chi connectivity index (χ1n) is 6.67. The van der Waals surface area contributed by atoms with Gasteiger partial charge in [-0.15, -0.1) is 5.10 Å². The molecule has 1 saturated heterocycles. The van der Waals surface area contributed by atoms with E-state index >= 15 is 0 Å². The highest BCUT2D eigenvalue weighted by Gasteiger charge is 2.23. The first-order valence-corrected chi connectivity index (χ1v) is 6.67. The second-order valence-corrected chi connectivity index (χ2v) is 4.90. The summed E-state index contributed by atoms with van der Waals surface area (Å²) in [6.45, 7) is 3.13. The van der Waals surface area contributed by atoms with Gasteiger partial charge in [0.15, 0.2) is 5.69 Å². The highest BCUT2D eigenvalue weighted by molar-refractivity contribution is 5.84. The van der Waals surface area contributed by atoms with Crippen LogP contribution in [0.25, 0.3) is 0 Å². The molecule has 20 heavy (non-hydrogen) atoms. The molecular weight excluding hydrogens is 262 g/mol. The van der Waals surface area contributed by atoms with Gasteiger partial charge in [-0.25, -0.2) is 4.79 Å². The molecule has 8 heteroatoms. The van der Waals surface area contributed by atoms with Crippen LogP contribution in [0.5, 0.6) is 0 Å². The summed E-state index contributed by atoms with van der Waals surface area (Å²) in [5.74, 6) is -0.837. The van der Waals surface area contributed by atoms with E-state index in [4.69, 9.17) is 5.11 Å². The maximum absolute atomic E-state index is 11.5. The van der Waals surface area contributed by atoms with Gasteiger partial charge in [0.25, 0.3) is 0 Å². The number of rotatable bonds is 5. The van der Waals surface area contributed by atoms with Crippen molar-refractivity contribution in [3.8, 4) is 0 Å². The molecule has 1 aromatic rings. The Kier molecular flexibility index (Phi) is 4.67. The number of carbonyl (C=O) groups excluding carboxylic acids is 1. The third-order valence-corrected chi connectivity index (χ3v) is 3.61. The zero-order valence-corrected chi connectivity index (χ0v) is 11.4. The van der Waals surface area contributed by atoms with E-state index < -0.39 is 5.97 Å². The van der Waals surface area contributed by atoms with E-state index in [2.05, 4.69) is 20.5 Å². The van der Waals surface area contributed by atoms with Gasteiger partial charge in [0.1, 0.15) is 0 Å². The standard InChI is InChI=1S/C12H19N5O3/c1-13-11(18)9-2-4-16(5-3-9)6-7-17-8-10(12(19)20)14-15-17/h8-9H,2-7H2,1H3,(H,13,18)(H,19,20). The van der Waals surface area contributed by atoms with Crippen LogP contribution in [0.15, 0.2) is 6.20 Å². The van der Waals surface area contributed by atoms with Crippen molar-refractivity contribution in [3.05, 3.63) is 11.9 Å². The molecule has 0 aliphatic carbocycles. The Bertz CT molecular complexity index is 479. The second-order valence-electron chi connectivity index (χ2n) is 4.90. The molecule has 1 aliphatic heterocycles. The summed E-state index contributed by atoms with van der Waals surface area (Å²) in [5, 5.41) is 18.8. The molecule has 8 nitrogen and oxygen atoms in total. The molecule has 0 unspecified atom stereocenters. The van der Waals surface area contributed by atoms with Gasteiger partial charge in [0.05, 0.1) is 12.7 Å². The highest BCUT2D eigenvalue weighted by Crippen LogP contribution is 2.16. The minimum atomic E-state index is -1.07. The minimum absolute atomic E-state index is 0.0386. The Labute approximate surface area is 116 Å². The van der Waals surface area contributed by atoms with Gasteiger partial charge in [-0.05, 0) is 25.9 Å². The smallest absolute Gasteiger partial charge is 0.358 e. The zero-order valence-electron chi connectivity index (χ0n) is 11.4. The van der Waals surface area contributed by atoms with E-state index in [1.165, 1.54) is 10.9 Å². The van der Waals surface area contributed by atoms with Crippen LogP contribution < -0.4 is 5.32 Å². The lowest BCUT2D eigenvalue weighted by Crippen LogP contribution is -2.40. The molecule has 0 aromatic carbocycles. The van der Waals surface area contributed by atoms with E-state index in [-0.39, 0.29) is 17.5 Å². The molecule has 2 heterocycles. The van der Waals surface area contributed by atoms with E-state index in [0.29, 0.717) is 6.54 Å². The van der Waals surface area contributed by atoms with Gasteiger partial charge in [-0.2, -0.15) is 0 Å². The van der Waals surface area contributed by atoms with Crippen LogP contribution in [-0.2, 0) is 11.3 Å². The van der Waals surface area contributed by atoms with Crippen LogP contribution in [-0.4, -0.2) is 63.6 Å². The second kappa shape index (κ2) is 6.47. The number of aromatic carboxylic acids is 1. The fourth-order valence-electron chi connectivity index (χ4n) is 2.37. The van der Waals surface area contributed by atoms with Crippen LogP contribution in [0.2, 0.25) is 0 Å². The lowest BCUT2D eigenvalue weighted by molar-refractivity contribution is -0.125. The number of nitrogens with one attached hydrogen (secondary N) is 1. The average Bonchev–Trinajstić information content (AvgIpc) is 2.94. The van der Waals surface area contributed by atoms with Gasteiger partial charge >= 0.3 is 5.97 Å². The minimum Gasteiger partial charge on any atom is -0.476 e. The van der Waals surface area contributed by atoms with Gasteiger partial charge < -0.3 is 15.3 Å². The Morgan fingerprint density at radius 3 is 2.65 bits per heavy atom. The summed E-state index contributed by atoms with van der Waals surface area (Å²) in [6, 6.07) is 0. The van der Waals surface area contributed by atoms with Crippen molar-refractivity contribution in [1.29, 1.82) is 0 Å². The molecule has 2 N–H and O–H groups in total. The van der Waals surface area contributed by atoms with Crippen molar-refractivity contribution >= 4 is 11.9 Å². The molecule has 0 radical (unpaired) electrons. The van der Waals surface area contributed by atoms with Crippen LogP contribution >= 0.6 is 0 Å². The number of aromatic nitrogens is 3. The van der Waals surface area contributed by atoms with Crippen molar-refractivity contribution in [3.63, 3.8) is 0 Å². The van der Waals surface area contributed by atoms with Crippen LogP contribution in [0.4, 0.5) is 0 Å². The van der Waals surface area contributed by atoms with E-state index in [9.17, 15) is 9.59 Å². The largest absolute Gasteiger partial charge is 0.476 e. The number of nitrogens with zero attached hydrogens (tertiary/aromatic N) is 4. The lowest BCUT2D eigenvalue weighted by atomic mass is 9.96. The molecule has 0 bridgehead atoms. The first-order chi connectivity index (χ1) is 9.60. The summed E-state index contributed by atoms with van der Waals surface area (Å²) < 4.78 is 1.54. The number of hydrogen-bond donors (Lipinski definition) is 2. The van der Waals surface area contributed by atoms with Crippen molar-refractivity contribution in [2.24, 2.45) is 5.92 Å². The summed E-state index contributed by atoms with van der Waals surface area (Å²) in [7, 11) is 1.67. The molecule has 1 aromatic heterocycles. The fourth-order valence-corrected chi connectivity index (χ4v) is 2.37. The van der Waals surface area contributed by atoms with Gasteiger partial charge in [0, 0.05) is 19.5 Å². The topological polar surface area (TPSA) is 100 Å². The summed E-state index contributed by atoms with van der Waals surface area (Å²) in [5.41, 5.74) is -0.0386. The number of carboxylic acid groups (broad SMARTS) is 1. The van der Waals surface area contributed by atoms with Crippen molar-refractivity contribution < 1.29 is 14.7 Å². The lowest BCUT2D eigenvalue weighted by Gasteiger charge is -2.30. The van der Waals surface area contributed by atoms with E-state index in [1.54, 1.807) is 7.05 Å². The third kappa shape index (κ3) is 3.53. The number of amides is 1. The molecular formula is C12H19N5O3. The summed E-state index contributed by atoms with van der Waals surface area (Å²) in [6.07, 6.45) is 3.15. The van der Waals surface area contributed by atoms with Gasteiger partial charge in [-0.1, -0.05) is 5.21 Å². The number of likely N-dealkylation sites (tertiary alicyclic amines) is 1. The number of carbonyl (C=O) groups is 2. The predicted octanol–water partition coefficient (Wildman–Crippen LogP) is -0.566. The van der Waals surface area contributed by atoms with Crippen molar-refractivity contribution in [2.75, 3.05) is 26.7 Å². The van der Waals surface area contributed by atoms with Crippen LogP contribution in [0.1, 0.15) is 23.3 Å². The molecule has 2 rings (SSSR count). The Morgan fingerprint density at radius 1 is 1.40 bits per heavy atom. The molecule has 0 saturated carbocycles. The number of piperidine rings is 1.